The van der Waals surface area contributed by atoms with Crippen LogP contribution in [0.4, 0.5) is 0 Å². The van der Waals surface area contributed by atoms with Gasteiger partial charge in [-0.05, 0) is 55.7 Å². The van der Waals surface area contributed by atoms with Gasteiger partial charge >= 0.3 is 5.69 Å². The second-order valence-corrected chi connectivity index (χ2v) is 7.23. The number of hydrogen-bond donors (Lipinski definition) is 1. The van der Waals surface area contributed by atoms with Gasteiger partial charge in [0.15, 0.2) is 17.1 Å². The summed E-state index contributed by atoms with van der Waals surface area (Å²) in [6.07, 6.45) is 1.82. The number of aryl methyl sites for hydroxylation is 1. The van der Waals surface area contributed by atoms with Crippen LogP contribution in [0.15, 0.2) is 59.5 Å². The maximum atomic E-state index is 12.8. The zero-order valence-corrected chi connectivity index (χ0v) is 17.6. The van der Waals surface area contributed by atoms with E-state index < -0.39 is 0 Å². The Kier molecular flexibility index (Phi) is 5.31. The lowest BCUT2D eigenvalue weighted by Crippen LogP contribution is -2.21. The van der Waals surface area contributed by atoms with Crippen molar-refractivity contribution in [1.29, 1.82) is 0 Å². The molecule has 6 nitrogen and oxygen atoms in total. The first-order valence-corrected chi connectivity index (χ1v) is 10.0. The van der Waals surface area contributed by atoms with Gasteiger partial charge in [0.05, 0.1) is 25.3 Å². The highest BCUT2D eigenvalue weighted by Crippen LogP contribution is 2.32. The van der Waals surface area contributed by atoms with E-state index in [-0.39, 0.29) is 11.7 Å². The monoisotopic (exact) mass is 403 g/mol. The van der Waals surface area contributed by atoms with Crippen molar-refractivity contribution in [1.82, 2.24) is 14.5 Å². The Morgan fingerprint density at radius 1 is 1.13 bits per heavy atom. The fourth-order valence-corrected chi connectivity index (χ4v) is 3.79. The third kappa shape index (κ3) is 3.45. The third-order valence-corrected chi connectivity index (χ3v) is 5.37. The fraction of sp³-hybridized carbons (Fsp3) is 0.250. The summed E-state index contributed by atoms with van der Waals surface area (Å²) in [4.78, 5) is 20.4. The van der Waals surface area contributed by atoms with E-state index in [0.29, 0.717) is 29.3 Å². The van der Waals surface area contributed by atoms with Crippen molar-refractivity contribution in [3.63, 3.8) is 0 Å². The van der Waals surface area contributed by atoms with Gasteiger partial charge in [-0.3, -0.25) is 4.57 Å². The van der Waals surface area contributed by atoms with E-state index in [4.69, 9.17) is 9.47 Å². The Balaban J connectivity index is 1.78. The molecule has 0 aliphatic carbocycles. The van der Waals surface area contributed by atoms with Crippen molar-refractivity contribution in [2.75, 3.05) is 13.7 Å². The molecule has 30 heavy (non-hydrogen) atoms. The highest BCUT2D eigenvalue weighted by molar-refractivity contribution is 5.79. The molecule has 2 heterocycles. The van der Waals surface area contributed by atoms with Crippen molar-refractivity contribution in [3.8, 4) is 22.6 Å². The summed E-state index contributed by atoms with van der Waals surface area (Å²) >= 11 is 0. The molecular formula is C24H25N3O3. The van der Waals surface area contributed by atoms with Crippen LogP contribution in [0.25, 0.3) is 22.3 Å². The highest BCUT2D eigenvalue weighted by Gasteiger charge is 2.18. The van der Waals surface area contributed by atoms with Crippen molar-refractivity contribution in [2.45, 2.75) is 26.8 Å². The number of pyridine rings is 1. The number of imidazole rings is 1. The van der Waals surface area contributed by atoms with Crippen LogP contribution in [0.3, 0.4) is 0 Å². The minimum Gasteiger partial charge on any atom is -0.493 e. The second-order valence-electron chi connectivity index (χ2n) is 7.23. The van der Waals surface area contributed by atoms with Crippen molar-refractivity contribution in [2.24, 2.45) is 0 Å². The van der Waals surface area contributed by atoms with E-state index in [1.54, 1.807) is 11.7 Å². The molecule has 0 amide bonds. The Labute approximate surface area is 175 Å². The first-order valence-electron chi connectivity index (χ1n) is 10.0. The number of benzene rings is 2. The SMILES string of the molecule is CCOc1cc([C@@H](C)n2c(=O)[nH]c3cc(-c4ccccc4C)cnc32)ccc1OC. The van der Waals surface area contributed by atoms with E-state index in [0.717, 1.165) is 22.3 Å². The van der Waals surface area contributed by atoms with Crippen LogP contribution in [-0.4, -0.2) is 28.3 Å². The van der Waals surface area contributed by atoms with Crippen LogP contribution in [0.1, 0.15) is 31.0 Å². The van der Waals surface area contributed by atoms with Gasteiger partial charge in [0, 0.05) is 11.8 Å². The quantitative estimate of drug-likeness (QED) is 0.506. The van der Waals surface area contributed by atoms with Crippen LogP contribution in [0, 0.1) is 6.92 Å². The lowest BCUT2D eigenvalue weighted by Gasteiger charge is -2.17. The molecule has 0 fully saturated rings. The predicted octanol–water partition coefficient (Wildman–Crippen LogP) is 4.72. The van der Waals surface area contributed by atoms with E-state index in [1.807, 2.05) is 56.4 Å². The molecule has 0 spiro atoms. The van der Waals surface area contributed by atoms with E-state index >= 15 is 0 Å². The summed E-state index contributed by atoms with van der Waals surface area (Å²) < 4.78 is 12.7. The van der Waals surface area contributed by atoms with Crippen LogP contribution >= 0.6 is 0 Å². The van der Waals surface area contributed by atoms with E-state index in [9.17, 15) is 4.79 Å². The van der Waals surface area contributed by atoms with Crippen molar-refractivity contribution >= 4 is 11.2 Å². The van der Waals surface area contributed by atoms with Crippen molar-refractivity contribution < 1.29 is 9.47 Å². The number of nitrogens with one attached hydrogen (secondary N) is 1. The van der Waals surface area contributed by atoms with Gasteiger partial charge in [0.25, 0.3) is 0 Å². The molecule has 2 aromatic heterocycles. The molecule has 0 aliphatic rings. The number of rotatable bonds is 6. The molecule has 4 rings (SSSR count). The zero-order chi connectivity index (χ0) is 21.3. The van der Waals surface area contributed by atoms with Gasteiger partial charge in [0.1, 0.15) is 0 Å². The second kappa shape index (κ2) is 8.06. The molecule has 2 aromatic carbocycles. The molecule has 4 aromatic rings. The standard InChI is InChI=1S/C24H25N3O3/c1-5-30-22-13-17(10-11-21(22)29-4)16(3)27-23-20(26-24(27)28)12-18(14-25-23)19-9-7-6-8-15(19)2/h6-14,16H,5H2,1-4H3,(H,26,28)/t16-/m1/s1. The topological polar surface area (TPSA) is 69.1 Å². The van der Waals surface area contributed by atoms with Gasteiger partial charge in [-0.25, -0.2) is 9.78 Å². The smallest absolute Gasteiger partial charge is 0.328 e. The number of aromatic amines is 1. The van der Waals surface area contributed by atoms with Gasteiger partial charge < -0.3 is 14.5 Å². The normalized spacial score (nSPS) is 12.1. The summed E-state index contributed by atoms with van der Waals surface area (Å²) in [5.74, 6) is 1.33. The summed E-state index contributed by atoms with van der Waals surface area (Å²) in [7, 11) is 1.61. The third-order valence-electron chi connectivity index (χ3n) is 5.37. The first-order chi connectivity index (χ1) is 14.5. The van der Waals surface area contributed by atoms with Gasteiger partial charge in [-0.15, -0.1) is 0 Å². The largest absolute Gasteiger partial charge is 0.493 e. The molecule has 0 saturated carbocycles. The molecule has 0 bridgehead atoms. The minimum atomic E-state index is -0.229. The number of aromatic nitrogens is 3. The minimum absolute atomic E-state index is 0.194. The number of methoxy groups -OCH3 is 1. The molecule has 1 N–H and O–H groups in total. The van der Waals surface area contributed by atoms with Crippen LogP contribution in [0.2, 0.25) is 0 Å². The van der Waals surface area contributed by atoms with Crippen LogP contribution in [0.5, 0.6) is 11.5 Å². The van der Waals surface area contributed by atoms with E-state index in [2.05, 4.69) is 29.0 Å². The maximum absolute atomic E-state index is 12.8. The molecule has 6 heteroatoms. The summed E-state index contributed by atoms with van der Waals surface area (Å²) in [5.41, 5.74) is 5.32. The number of fused-ring (bicyclic) bond motifs is 1. The molecule has 0 saturated heterocycles. The van der Waals surface area contributed by atoms with Gasteiger partial charge in [-0.2, -0.15) is 0 Å². The number of nitrogens with zero attached hydrogens (tertiary/aromatic N) is 2. The van der Waals surface area contributed by atoms with Crippen LogP contribution < -0.4 is 15.2 Å². The fourth-order valence-electron chi connectivity index (χ4n) is 3.79. The molecule has 154 valence electrons. The predicted molar refractivity (Wildman–Crippen MR) is 119 cm³/mol. The van der Waals surface area contributed by atoms with Gasteiger partial charge in [0.2, 0.25) is 0 Å². The lowest BCUT2D eigenvalue weighted by atomic mass is 10.0. The Bertz CT molecular complexity index is 1260. The summed E-state index contributed by atoms with van der Waals surface area (Å²) in [6, 6.07) is 15.6. The van der Waals surface area contributed by atoms with Crippen molar-refractivity contribution in [3.05, 3.63) is 76.3 Å². The number of H-pyrrole nitrogens is 1. The molecule has 1 atom stereocenters. The molecular weight excluding hydrogens is 378 g/mol. The summed E-state index contributed by atoms with van der Waals surface area (Å²) in [6.45, 7) is 6.50. The number of ether oxygens (including phenoxy) is 2. The van der Waals surface area contributed by atoms with E-state index in [1.165, 1.54) is 0 Å². The lowest BCUT2D eigenvalue weighted by molar-refractivity contribution is 0.310. The Morgan fingerprint density at radius 3 is 2.67 bits per heavy atom. The highest BCUT2D eigenvalue weighted by atomic mass is 16.5. The maximum Gasteiger partial charge on any atom is 0.328 e. The summed E-state index contributed by atoms with van der Waals surface area (Å²) in [5, 5.41) is 0. The number of hydrogen-bond acceptors (Lipinski definition) is 4. The first kappa shape index (κ1) is 19.8. The van der Waals surface area contributed by atoms with Gasteiger partial charge in [-0.1, -0.05) is 30.3 Å². The Morgan fingerprint density at radius 2 is 1.93 bits per heavy atom. The molecule has 0 radical (unpaired) electrons. The zero-order valence-electron chi connectivity index (χ0n) is 17.6. The molecule has 0 aliphatic heterocycles. The Hall–Kier alpha value is -3.54. The average Bonchev–Trinajstić information content (AvgIpc) is 3.08. The van der Waals surface area contributed by atoms with Crippen LogP contribution in [-0.2, 0) is 0 Å². The molecule has 0 unspecified atom stereocenters. The average molecular weight is 403 g/mol.